The predicted octanol–water partition coefficient (Wildman–Crippen LogP) is 2.03. The molecule has 10 nitrogen and oxygen atoms in total. The van der Waals surface area contributed by atoms with Crippen molar-refractivity contribution < 1.29 is 26.6 Å². The van der Waals surface area contributed by atoms with Crippen LogP contribution in [0, 0.1) is 10.1 Å². The van der Waals surface area contributed by atoms with Crippen molar-refractivity contribution in [1.29, 1.82) is 0 Å². The van der Waals surface area contributed by atoms with Crippen molar-refractivity contribution in [2.24, 2.45) is 0 Å². The molecule has 0 heterocycles. The molecule has 0 spiro atoms. The van der Waals surface area contributed by atoms with E-state index in [-0.39, 0.29) is 16.3 Å². The highest BCUT2D eigenvalue weighted by molar-refractivity contribution is 7.92. The molecule has 2 aromatic carbocycles. The average molecular weight is 470 g/mol. The molecule has 0 bridgehead atoms. The molecule has 0 unspecified atom stereocenters. The Morgan fingerprint density at radius 3 is 2.10 bits per heavy atom. The highest BCUT2D eigenvalue weighted by Crippen LogP contribution is 2.26. The summed E-state index contributed by atoms with van der Waals surface area (Å²) in [5.41, 5.74) is 0.303. The van der Waals surface area contributed by atoms with Crippen LogP contribution >= 0.6 is 0 Å². The summed E-state index contributed by atoms with van der Waals surface area (Å²) in [5.74, 6) is -0.628. The maximum atomic E-state index is 12.8. The molecule has 0 fully saturated rings. The number of carbonyl (C=O) groups excluding carboxylic acids is 1. The molecule has 0 radical (unpaired) electrons. The summed E-state index contributed by atoms with van der Waals surface area (Å²) in [6.45, 7) is 3.03. The number of carbonyl (C=O) groups is 1. The van der Waals surface area contributed by atoms with Gasteiger partial charge in [0.15, 0.2) is 9.84 Å². The monoisotopic (exact) mass is 469 g/mol. The number of anilines is 1. The van der Waals surface area contributed by atoms with Gasteiger partial charge in [0.05, 0.1) is 27.8 Å². The van der Waals surface area contributed by atoms with Crippen molar-refractivity contribution in [3.63, 3.8) is 0 Å². The highest BCUT2D eigenvalue weighted by Gasteiger charge is 2.30. The van der Waals surface area contributed by atoms with Gasteiger partial charge in [-0.05, 0) is 37.6 Å². The van der Waals surface area contributed by atoms with Gasteiger partial charge in [0, 0.05) is 18.4 Å². The van der Waals surface area contributed by atoms with Gasteiger partial charge in [0.25, 0.3) is 5.69 Å². The van der Waals surface area contributed by atoms with E-state index >= 15 is 0 Å². The minimum Gasteiger partial charge on any atom is -0.348 e. The third-order valence-corrected chi connectivity index (χ3v) is 6.92. The Bertz CT molecular complexity index is 1190. The van der Waals surface area contributed by atoms with Crippen LogP contribution in [0.2, 0.25) is 0 Å². The SMILES string of the molecule is C[C@H](NC(=O)[C@@H](C)N(c1cccc([N+](=O)[O-])c1)S(C)(=O)=O)c1ccc(S(C)(=O)=O)cc1. The molecule has 2 aromatic rings. The van der Waals surface area contributed by atoms with Crippen LogP contribution in [-0.4, -0.2) is 46.2 Å². The Labute approximate surface area is 181 Å². The molecular weight excluding hydrogens is 446 g/mol. The van der Waals surface area contributed by atoms with Gasteiger partial charge in [0.2, 0.25) is 15.9 Å². The van der Waals surface area contributed by atoms with Crippen LogP contribution in [-0.2, 0) is 24.7 Å². The van der Waals surface area contributed by atoms with Crippen molar-refractivity contribution in [1.82, 2.24) is 5.32 Å². The normalized spacial score (nSPS) is 13.8. The van der Waals surface area contributed by atoms with Crippen LogP contribution in [0.4, 0.5) is 11.4 Å². The summed E-state index contributed by atoms with van der Waals surface area (Å²) in [5, 5.41) is 13.7. The van der Waals surface area contributed by atoms with Gasteiger partial charge in [-0.3, -0.25) is 19.2 Å². The lowest BCUT2D eigenvalue weighted by atomic mass is 10.1. The Balaban J connectivity index is 2.27. The Kier molecular flexibility index (Phi) is 7.06. The van der Waals surface area contributed by atoms with Crippen LogP contribution in [0.15, 0.2) is 53.4 Å². The minimum absolute atomic E-state index is 0.00971. The number of rotatable bonds is 8. The molecule has 0 saturated carbocycles. The van der Waals surface area contributed by atoms with Crippen LogP contribution in [0.25, 0.3) is 0 Å². The first-order valence-electron chi connectivity index (χ1n) is 9.06. The van der Waals surface area contributed by atoms with Crippen molar-refractivity contribution >= 4 is 37.1 Å². The average Bonchev–Trinajstić information content (AvgIpc) is 2.66. The van der Waals surface area contributed by atoms with Crippen LogP contribution in [0.1, 0.15) is 25.5 Å². The standard InChI is InChI=1S/C19H23N3O7S2/c1-13(15-8-10-18(11-9-15)30(3,26)27)20-19(23)14(2)21(31(4,28)29)16-6-5-7-17(12-16)22(24)25/h5-14H,1-4H3,(H,20,23)/t13-,14+/m0/s1. The van der Waals surface area contributed by atoms with Gasteiger partial charge in [-0.15, -0.1) is 0 Å². The Hall–Kier alpha value is -2.99. The summed E-state index contributed by atoms with van der Waals surface area (Å²) >= 11 is 0. The minimum atomic E-state index is -3.94. The lowest BCUT2D eigenvalue weighted by Gasteiger charge is -2.29. The molecule has 1 N–H and O–H groups in total. The van der Waals surface area contributed by atoms with E-state index in [2.05, 4.69) is 5.32 Å². The number of amides is 1. The molecule has 0 aliphatic rings. The van der Waals surface area contributed by atoms with Crippen molar-refractivity contribution in [3.8, 4) is 0 Å². The molecule has 2 rings (SSSR count). The first-order chi connectivity index (χ1) is 14.2. The summed E-state index contributed by atoms with van der Waals surface area (Å²) in [7, 11) is -7.30. The summed E-state index contributed by atoms with van der Waals surface area (Å²) in [6, 6.07) is 9.21. The van der Waals surface area contributed by atoms with E-state index < -0.39 is 42.8 Å². The van der Waals surface area contributed by atoms with E-state index in [1.807, 2.05) is 0 Å². The second-order valence-electron chi connectivity index (χ2n) is 7.08. The molecule has 2 atom stereocenters. The number of nitro benzene ring substituents is 1. The zero-order valence-electron chi connectivity index (χ0n) is 17.3. The molecule has 168 valence electrons. The van der Waals surface area contributed by atoms with Crippen molar-refractivity contribution in [3.05, 3.63) is 64.2 Å². The molecule has 12 heteroatoms. The fourth-order valence-corrected chi connectivity index (χ4v) is 4.77. The van der Waals surface area contributed by atoms with Gasteiger partial charge in [0.1, 0.15) is 6.04 Å². The first kappa shape index (κ1) is 24.3. The quantitative estimate of drug-likeness (QED) is 0.460. The van der Waals surface area contributed by atoms with Crippen LogP contribution < -0.4 is 9.62 Å². The number of non-ortho nitro benzene ring substituents is 1. The molecule has 0 aromatic heterocycles. The summed E-state index contributed by atoms with van der Waals surface area (Å²) < 4.78 is 48.7. The van der Waals surface area contributed by atoms with Gasteiger partial charge < -0.3 is 5.32 Å². The molecular formula is C19H23N3O7S2. The molecule has 0 aliphatic heterocycles. The zero-order valence-corrected chi connectivity index (χ0v) is 19.0. The number of hydrogen-bond acceptors (Lipinski definition) is 7. The summed E-state index contributed by atoms with van der Waals surface area (Å²) in [6.07, 6.45) is 1.99. The lowest BCUT2D eigenvalue weighted by Crippen LogP contribution is -2.48. The molecule has 0 saturated heterocycles. The van der Waals surface area contributed by atoms with Gasteiger partial charge in [-0.1, -0.05) is 18.2 Å². The Morgan fingerprint density at radius 1 is 1.03 bits per heavy atom. The number of nitrogens with one attached hydrogen (secondary N) is 1. The van der Waals surface area contributed by atoms with Gasteiger partial charge in [-0.2, -0.15) is 0 Å². The van der Waals surface area contributed by atoms with Gasteiger partial charge in [-0.25, -0.2) is 16.8 Å². The number of sulfonamides is 1. The van der Waals surface area contributed by atoms with E-state index in [4.69, 9.17) is 0 Å². The van der Waals surface area contributed by atoms with Crippen molar-refractivity contribution in [2.75, 3.05) is 16.8 Å². The van der Waals surface area contributed by atoms with E-state index in [9.17, 15) is 31.7 Å². The molecule has 31 heavy (non-hydrogen) atoms. The number of benzene rings is 2. The van der Waals surface area contributed by atoms with E-state index in [0.717, 1.165) is 22.9 Å². The maximum Gasteiger partial charge on any atom is 0.271 e. The number of nitrogens with zero attached hydrogens (tertiary/aromatic N) is 2. The predicted molar refractivity (Wildman–Crippen MR) is 116 cm³/mol. The van der Waals surface area contributed by atoms with E-state index in [1.165, 1.54) is 37.3 Å². The molecule has 0 aliphatic carbocycles. The van der Waals surface area contributed by atoms with Crippen molar-refractivity contribution in [2.45, 2.75) is 30.8 Å². The number of sulfone groups is 1. The van der Waals surface area contributed by atoms with E-state index in [1.54, 1.807) is 19.1 Å². The van der Waals surface area contributed by atoms with Crippen LogP contribution in [0.5, 0.6) is 0 Å². The van der Waals surface area contributed by atoms with Crippen LogP contribution in [0.3, 0.4) is 0 Å². The topological polar surface area (TPSA) is 144 Å². The third-order valence-electron chi connectivity index (χ3n) is 4.55. The van der Waals surface area contributed by atoms with E-state index in [0.29, 0.717) is 5.56 Å². The summed E-state index contributed by atoms with van der Waals surface area (Å²) in [4.78, 5) is 23.3. The first-order valence-corrected chi connectivity index (χ1v) is 12.8. The molecule has 1 amide bonds. The lowest BCUT2D eigenvalue weighted by molar-refractivity contribution is -0.384. The number of nitro groups is 1. The fourth-order valence-electron chi connectivity index (χ4n) is 2.97. The highest BCUT2D eigenvalue weighted by atomic mass is 32.2. The second kappa shape index (κ2) is 9.02. The fraction of sp³-hybridized carbons (Fsp3) is 0.316. The number of hydrogen-bond donors (Lipinski definition) is 1. The Morgan fingerprint density at radius 2 is 1.61 bits per heavy atom. The van der Waals surface area contributed by atoms with Gasteiger partial charge >= 0.3 is 0 Å². The smallest absolute Gasteiger partial charge is 0.271 e. The largest absolute Gasteiger partial charge is 0.348 e. The zero-order chi connectivity index (χ0) is 23.6. The maximum absolute atomic E-state index is 12.8. The second-order valence-corrected chi connectivity index (χ2v) is 11.0. The third kappa shape index (κ3) is 6.01.